The van der Waals surface area contributed by atoms with Gasteiger partial charge in [0.25, 0.3) is 0 Å². The summed E-state index contributed by atoms with van der Waals surface area (Å²) in [4.78, 5) is 47.7. The van der Waals surface area contributed by atoms with Gasteiger partial charge in [0.05, 0.1) is 22.3 Å². The Morgan fingerprint density at radius 1 is 0.263 bits per heavy atom. The van der Waals surface area contributed by atoms with Crippen molar-refractivity contribution in [3.8, 4) is 79.7 Å². The van der Waals surface area contributed by atoms with Crippen LogP contribution in [0.4, 0.5) is 0 Å². The average molecular weight is 530 g/mol. The van der Waals surface area contributed by atoms with Crippen molar-refractivity contribution in [1.29, 1.82) is 0 Å². The second-order valence-corrected chi connectivity index (χ2v) is 7.84. The number of ether oxygens (including phenoxy) is 2. The number of hydrogen-bond donors (Lipinski definition) is 10. The highest BCUT2D eigenvalue weighted by Gasteiger charge is 2.44. The monoisotopic (exact) mass is 530 g/mol. The normalized spacial score (nSPS) is 13.9. The smallest absolute Gasteiger partial charge is 0.351 e. The Balaban J connectivity index is 1.94. The second-order valence-electron chi connectivity index (χ2n) is 7.84. The van der Waals surface area contributed by atoms with Crippen molar-refractivity contribution < 1.29 is 79.7 Å². The Kier molecular flexibility index (Phi) is 4.50. The lowest BCUT2D eigenvalue weighted by Gasteiger charge is -2.20. The molecule has 0 fully saturated rings. The summed E-state index contributed by atoms with van der Waals surface area (Å²) in [6.45, 7) is 0. The largest absolute Gasteiger partial charge is 0.506 e. The Morgan fingerprint density at radius 2 is 0.447 bits per heavy atom. The first kappa shape index (κ1) is 23.7. The molecule has 3 aromatic rings. The van der Waals surface area contributed by atoms with Gasteiger partial charge in [-0.15, -0.1) is 0 Å². The van der Waals surface area contributed by atoms with Crippen LogP contribution in [0.1, 0.15) is 41.4 Å². The van der Waals surface area contributed by atoms with Gasteiger partial charge in [0.1, 0.15) is 39.5 Å². The number of hydrogen-bond acceptors (Lipinski definition) is 16. The average Bonchev–Trinajstić information content (AvgIpc) is 3.32. The molecular weight excluding hydrogens is 520 g/mol. The van der Waals surface area contributed by atoms with Crippen molar-refractivity contribution in [2.45, 2.75) is 0 Å². The summed E-state index contributed by atoms with van der Waals surface area (Å²) in [5.41, 5.74) is -9.03. The zero-order valence-electron chi connectivity index (χ0n) is 17.9. The number of aromatic hydroxyl groups is 10. The molecular formula is C22H10O16. The SMILES string of the molecule is O=C1OC(=O)c2c(O)c(-c3c(O)c(O)c(O)c(-c4c(O)c(O)c5c(c4O)C(=O)OC5=O)c3O)c(O)c(O)c21. The molecule has 0 bridgehead atoms. The van der Waals surface area contributed by atoms with Crippen LogP contribution in [0.15, 0.2) is 0 Å². The fourth-order valence-electron chi connectivity index (χ4n) is 4.23. The van der Waals surface area contributed by atoms with Crippen molar-refractivity contribution >= 4 is 23.9 Å². The third kappa shape index (κ3) is 2.61. The molecule has 0 aromatic heterocycles. The van der Waals surface area contributed by atoms with E-state index in [2.05, 4.69) is 9.47 Å². The minimum Gasteiger partial charge on any atom is -0.506 e. The number of rotatable bonds is 2. The number of phenols is 10. The fourth-order valence-corrected chi connectivity index (χ4v) is 4.23. The molecule has 3 aromatic carbocycles. The predicted molar refractivity (Wildman–Crippen MR) is 113 cm³/mol. The molecule has 0 saturated carbocycles. The van der Waals surface area contributed by atoms with E-state index in [1.165, 1.54) is 0 Å². The molecule has 0 unspecified atom stereocenters. The molecule has 5 rings (SSSR count). The first-order valence-electron chi connectivity index (χ1n) is 9.87. The van der Waals surface area contributed by atoms with E-state index < -0.39 is 126 Å². The van der Waals surface area contributed by atoms with Gasteiger partial charge in [0, 0.05) is 0 Å². The van der Waals surface area contributed by atoms with E-state index >= 15 is 0 Å². The lowest BCUT2D eigenvalue weighted by Crippen LogP contribution is -1.99. The van der Waals surface area contributed by atoms with E-state index in [0.29, 0.717) is 0 Å². The summed E-state index contributed by atoms with van der Waals surface area (Å²) in [5.74, 6) is -20.6. The maximum atomic E-state index is 12.0. The van der Waals surface area contributed by atoms with Gasteiger partial charge >= 0.3 is 23.9 Å². The van der Waals surface area contributed by atoms with Crippen LogP contribution in [0.5, 0.6) is 57.5 Å². The summed E-state index contributed by atoms with van der Waals surface area (Å²) < 4.78 is 8.51. The van der Waals surface area contributed by atoms with Crippen LogP contribution in [-0.4, -0.2) is 74.9 Å². The van der Waals surface area contributed by atoms with E-state index in [1.807, 2.05) is 0 Å². The van der Waals surface area contributed by atoms with Crippen LogP contribution in [0, 0.1) is 0 Å². The molecule has 2 aliphatic rings. The van der Waals surface area contributed by atoms with Gasteiger partial charge in [-0.2, -0.15) is 0 Å². The molecule has 2 aliphatic heterocycles. The summed E-state index contributed by atoms with van der Waals surface area (Å²) in [7, 11) is 0. The van der Waals surface area contributed by atoms with E-state index in [9.17, 15) is 70.2 Å². The maximum Gasteiger partial charge on any atom is 0.351 e. The quantitative estimate of drug-likeness (QED) is 0.0943. The van der Waals surface area contributed by atoms with Crippen molar-refractivity contribution in [2.75, 3.05) is 0 Å². The zero-order chi connectivity index (χ0) is 28.1. The highest BCUT2D eigenvalue weighted by atomic mass is 16.6. The summed E-state index contributed by atoms with van der Waals surface area (Å²) in [6, 6.07) is 0. The van der Waals surface area contributed by atoms with Gasteiger partial charge in [-0.25, -0.2) is 19.2 Å². The Morgan fingerprint density at radius 3 is 0.737 bits per heavy atom. The number of fused-ring (bicyclic) bond motifs is 2. The standard InChI is InChI=1S/C22H10O16/c23-9-1(3-10(24)5-7(16(30)12(3)26)21(35)37-19(5)33)14(28)18(32)15(29)2(9)4-11(25)6-8(17(31)13(4)27)22(36)38-20(6)34/h23-32H. The number of carbonyl (C=O) groups excluding carboxylic acids is 4. The number of esters is 4. The molecule has 16 nitrogen and oxygen atoms in total. The zero-order valence-corrected chi connectivity index (χ0v) is 17.9. The molecule has 0 spiro atoms. The molecule has 194 valence electrons. The van der Waals surface area contributed by atoms with Gasteiger partial charge in [-0.3, -0.25) is 0 Å². The van der Waals surface area contributed by atoms with Crippen LogP contribution < -0.4 is 0 Å². The van der Waals surface area contributed by atoms with E-state index in [1.54, 1.807) is 0 Å². The van der Waals surface area contributed by atoms with Gasteiger partial charge in [0.2, 0.25) is 5.75 Å². The topological polar surface area (TPSA) is 289 Å². The van der Waals surface area contributed by atoms with Gasteiger partial charge in [0.15, 0.2) is 34.5 Å². The first-order chi connectivity index (χ1) is 17.7. The van der Waals surface area contributed by atoms with Crippen LogP contribution in [-0.2, 0) is 9.47 Å². The molecule has 2 heterocycles. The van der Waals surface area contributed by atoms with E-state index in [4.69, 9.17) is 0 Å². The number of cyclic esters (lactones) is 4. The summed E-state index contributed by atoms with van der Waals surface area (Å²) >= 11 is 0. The molecule has 38 heavy (non-hydrogen) atoms. The highest BCUT2D eigenvalue weighted by molar-refractivity contribution is 6.21. The van der Waals surface area contributed by atoms with Crippen molar-refractivity contribution in [3.05, 3.63) is 22.3 Å². The van der Waals surface area contributed by atoms with Crippen LogP contribution >= 0.6 is 0 Å². The third-order valence-electron chi connectivity index (χ3n) is 5.93. The molecule has 0 atom stereocenters. The molecule has 10 N–H and O–H groups in total. The second kappa shape index (κ2) is 7.23. The van der Waals surface area contributed by atoms with Gasteiger partial charge < -0.3 is 60.5 Å². The highest BCUT2D eigenvalue weighted by Crippen LogP contribution is 2.63. The minimum atomic E-state index is -1.57. The van der Waals surface area contributed by atoms with Gasteiger partial charge in [-0.05, 0) is 0 Å². The number of benzene rings is 3. The fraction of sp³-hybridized carbons (Fsp3) is 0. The van der Waals surface area contributed by atoms with E-state index in [-0.39, 0.29) is 0 Å². The Hall–Kier alpha value is -6.06. The molecule has 0 aliphatic carbocycles. The first-order valence-corrected chi connectivity index (χ1v) is 9.87. The molecule has 16 heteroatoms. The Bertz CT molecular complexity index is 1610. The Labute approximate surface area is 206 Å². The number of carbonyl (C=O) groups is 4. The van der Waals surface area contributed by atoms with Crippen molar-refractivity contribution in [1.82, 2.24) is 0 Å². The summed E-state index contributed by atoms with van der Waals surface area (Å²) in [6.07, 6.45) is 0. The lowest BCUT2D eigenvalue weighted by molar-refractivity contribution is 0.0423. The number of phenolic OH excluding ortho intramolecular Hbond substituents is 10. The van der Waals surface area contributed by atoms with Crippen LogP contribution in [0.2, 0.25) is 0 Å². The minimum absolute atomic E-state index is 0.988. The molecule has 0 radical (unpaired) electrons. The van der Waals surface area contributed by atoms with Crippen LogP contribution in [0.3, 0.4) is 0 Å². The van der Waals surface area contributed by atoms with Crippen LogP contribution in [0.25, 0.3) is 22.3 Å². The third-order valence-corrected chi connectivity index (χ3v) is 5.93. The lowest BCUT2D eigenvalue weighted by atomic mass is 9.89. The van der Waals surface area contributed by atoms with E-state index in [0.717, 1.165) is 0 Å². The van der Waals surface area contributed by atoms with Gasteiger partial charge in [-0.1, -0.05) is 0 Å². The van der Waals surface area contributed by atoms with Crippen molar-refractivity contribution in [2.24, 2.45) is 0 Å². The predicted octanol–water partition coefficient (Wildman–Crippen LogP) is 0.698. The molecule has 0 amide bonds. The van der Waals surface area contributed by atoms with Crippen molar-refractivity contribution in [3.63, 3.8) is 0 Å². The maximum absolute atomic E-state index is 12.0. The molecule has 0 saturated heterocycles. The summed E-state index contributed by atoms with van der Waals surface area (Å²) in [5, 5.41) is 105.